The second-order valence-electron chi connectivity index (χ2n) is 5.58. The second-order valence-corrected chi connectivity index (χ2v) is 5.58. The molecule has 0 aromatic heterocycles. The van der Waals surface area contributed by atoms with Crippen LogP contribution in [-0.4, -0.2) is 23.3 Å². The van der Waals surface area contributed by atoms with Crippen LogP contribution in [0.4, 0.5) is 0 Å². The molecule has 2 aliphatic rings. The van der Waals surface area contributed by atoms with Crippen LogP contribution in [0, 0.1) is 0 Å². The van der Waals surface area contributed by atoms with E-state index >= 15 is 0 Å². The smallest absolute Gasteiger partial charge is 0.261 e. The maximum Gasteiger partial charge on any atom is 0.261 e. The molecule has 1 saturated carbocycles. The predicted octanol–water partition coefficient (Wildman–Crippen LogP) is 3.73. The summed E-state index contributed by atoms with van der Waals surface area (Å²) >= 11 is 0. The summed E-state index contributed by atoms with van der Waals surface area (Å²) in [6.45, 7) is 0.343. The number of rotatable bonds is 3. The van der Waals surface area contributed by atoms with Crippen molar-refractivity contribution in [3.05, 3.63) is 59.2 Å². The maximum atomic E-state index is 12.2. The standard InChI is InChI=1S/C18H19NO2/c20-17-15-11-4-5-12-16(15)18(21)19(17)13-7-6-10-14-8-2-1-3-9-14/h4-7,10-12H,1-3,8-9,13H2/b7-6+. The number of carbonyl (C=O) groups is 2. The Morgan fingerprint density at radius 3 is 2.19 bits per heavy atom. The molecule has 21 heavy (non-hydrogen) atoms. The first-order chi connectivity index (χ1) is 10.3. The fraction of sp³-hybridized carbons (Fsp3) is 0.333. The third-order valence-electron chi connectivity index (χ3n) is 4.13. The molecule has 1 aromatic carbocycles. The summed E-state index contributed by atoms with van der Waals surface area (Å²) in [7, 11) is 0. The van der Waals surface area contributed by atoms with Gasteiger partial charge >= 0.3 is 0 Å². The topological polar surface area (TPSA) is 37.4 Å². The van der Waals surface area contributed by atoms with Gasteiger partial charge in [-0.2, -0.15) is 0 Å². The third kappa shape index (κ3) is 2.82. The number of hydrogen-bond donors (Lipinski definition) is 0. The molecule has 108 valence electrons. The van der Waals surface area contributed by atoms with E-state index in [1.165, 1.54) is 42.6 Å². The van der Waals surface area contributed by atoms with E-state index in [0.717, 1.165) is 0 Å². The minimum absolute atomic E-state index is 0.189. The van der Waals surface area contributed by atoms with E-state index in [4.69, 9.17) is 0 Å². The van der Waals surface area contributed by atoms with Gasteiger partial charge in [-0.15, -0.1) is 0 Å². The molecule has 3 rings (SSSR count). The molecule has 0 saturated heterocycles. The first kappa shape index (κ1) is 13.8. The molecule has 0 atom stereocenters. The predicted molar refractivity (Wildman–Crippen MR) is 82.1 cm³/mol. The van der Waals surface area contributed by atoms with Gasteiger partial charge in [-0.05, 0) is 37.8 Å². The lowest BCUT2D eigenvalue weighted by molar-refractivity contribution is 0.0672. The Balaban J connectivity index is 1.64. The zero-order valence-electron chi connectivity index (χ0n) is 12.0. The largest absolute Gasteiger partial charge is 0.270 e. The van der Waals surface area contributed by atoms with Crippen molar-refractivity contribution in [2.24, 2.45) is 0 Å². The number of carbonyl (C=O) groups excluding carboxylic acids is 2. The Bertz CT molecular complexity index is 585. The molecule has 1 aromatic rings. The third-order valence-corrected chi connectivity index (χ3v) is 4.13. The normalized spacial score (nSPS) is 18.5. The lowest BCUT2D eigenvalue weighted by Gasteiger charge is -2.12. The van der Waals surface area contributed by atoms with Crippen LogP contribution in [0.15, 0.2) is 48.1 Å². The van der Waals surface area contributed by atoms with E-state index in [9.17, 15) is 9.59 Å². The molecule has 1 aliphatic carbocycles. The SMILES string of the molecule is O=C1c2ccccc2C(=O)N1C/C=C/C=C1CCCCC1. The first-order valence-corrected chi connectivity index (χ1v) is 7.57. The van der Waals surface area contributed by atoms with Crippen LogP contribution in [0.25, 0.3) is 0 Å². The van der Waals surface area contributed by atoms with Crippen molar-refractivity contribution >= 4 is 11.8 Å². The van der Waals surface area contributed by atoms with Crippen molar-refractivity contribution in [1.29, 1.82) is 0 Å². The number of amides is 2. The van der Waals surface area contributed by atoms with Gasteiger partial charge in [0.05, 0.1) is 11.1 Å². The summed E-state index contributed by atoms with van der Waals surface area (Å²) in [6, 6.07) is 7.00. The van der Waals surface area contributed by atoms with Crippen LogP contribution >= 0.6 is 0 Å². The van der Waals surface area contributed by atoms with E-state index in [0.29, 0.717) is 17.7 Å². The Labute approximate surface area is 125 Å². The van der Waals surface area contributed by atoms with Gasteiger partial charge in [-0.3, -0.25) is 14.5 Å². The van der Waals surface area contributed by atoms with Gasteiger partial charge < -0.3 is 0 Å². The van der Waals surface area contributed by atoms with E-state index in [-0.39, 0.29) is 11.8 Å². The van der Waals surface area contributed by atoms with E-state index < -0.39 is 0 Å². The highest BCUT2D eigenvalue weighted by Gasteiger charge is 2.33. The lowest BCUT2D eigenvalue weighted by Crippen LogP contribution is -2.29. The van der Waals surface area contributed by atoms with E-state index in [2.05, 4.69) is 6.08 Å². The monoisotopic (exact) mass is 281 g/mol. The average Bonchev–Trinajstić information content (AvgIpc) is 2.77. The molecule has 1 heterocycles. The number of benzene rings is 1. The molecule has 0 unspecified atom stereocenters. The van der Waals surface area contributed by atoms with Gasteiger partial charge in [-0.25, -0.2) is 0 Å². The van der Waals surface area contributed by atoms with Crippen LogP contribution in [0.2, 0.25) is 0 Å². The lowest BCUT2D eigenvalue weighted by atomic mass is 9.95. The van der Waals surface area contributed by atoms with Crippen LogP contribution < -0.4 is 0 Å². The number of allylic oxidation sites excluding steroid dienone is 3. The Kier molecular flexibility index (Phi) is 4.00. The number of nitrogens with zero attached hydrogens (tertiary/aromatic N) is 1. The quantitative estimate of drug-likeness (QED) is 0.792. The highest BCUT2D eigenvalue weighted by Crippen LogP contribution is 2.23. The Hall–Kier alpha value is -2.16. The maximum absolute atomic E-state index is 12.2. The number of fused-ring (bicyclic) bond motifs is 1. The van der Waals surface area contributed by atoms with Crippen molar-refractivity contribution in [2.45, 2.75) is 32.1 Å². The van der Waals surface area contributed by atoms with Crippen LogP contribution in [0.1, 0.15) is 52.8 Å². The highest BCUT2D eigenvalue weighted by atomic mass is 16.2. The van der Waals surface area contributed by atoms with Gasteiger partial charge in [0.1, 0.15) is 0 Å². The molecule has 0 bridgehead atoms. The summed E-state index contributed by atoms with van der Waals surface area (Å²) in [5, 5.41) is 0. The van der Waals surface area contributed by atoms with Crippen LogP contribution in [0.3, 0.4) is 0 Å². The zero-order chi connectivity index (χ0) is 14.7. The summed E-state index contributed by atoms with van der Waals surface area (Å²) in [6.07, 6.45) is 12.2. The van der Waals surface area contributed by atoms with Crippen molar-refractivity contribution in [3.8, 4) is 0 Å². The minimum Gasteiger partial charge on any atom is -0.270 e. The summed E-state index contributed by atoms with van der Waals surface area (Å²) in [4.78, 5) is 25.6. The molecule has 1 fully saturated rings. The van der Waals surface area contributed by atoms with Gasteiger partial charge in [-0.1, -0.05) is 42.4 Å². The Morgan fingerprint density at radius 1 is 0.952 bits per heavy atom. The van der Waals surface area contributed by atoms with Crippen LogP contribution in [-0.2, 0) is 0 Å². The summed E-state index contributed by atoms with van der Waals surface area (Å²) in [5.74, 6) is -0.379. The number of hydrogen-bond acceptors (Lipinski definition) is 2. The first-order valence-electron chi connectivity index (χ1n) is 7.57. The van der Waals surface area contributed by atoms with Crippen molar-refractivity contribution < 1.29 is 9.59 Å². The van der Waals surface area contributed by atoms with E-state index in [1.54, 1.807) is 24.3 Å². The molecule has 1 aliphatic heterocycles. The molecule has 2 amide bonds. The molecule has 3 nitrogen and oxygen atoms in total. The molecule has 3 heteroatoms. The van der Waals surface area contributed by atoms with Crippen molar-refractivity contribution in [3.63, 3.8) is 0 Å². The highest BCUT2D eigenvalue weighted by molar-refractivity contribution is 6.21. The molecule has 0 N–H and O–H groups in total. The van der Waals surface area contributed by atoms with Crippen molar-refractivity contribution in [2.75, 3.05) is 6.54 Å². The zero-order valence-corrected chi connectivity index (χ0v) is 12.0. The molecular formula is C18H19NO2. The average molecular weight is 281 g/mol. The summed E-state index contributed by atoms with van der Waals surface area (Å²) < 4.78 is 0. The second kappa shape index (κ2) is 6.08. The fourth-order valence-corrected chi connectivity index (χ4v) is 2.95. The Morgan fingerprint density at radius 2 is 1.57 bits per heavy atom. The van der Waals surface area contributed by atoms with Gasteiger partial charge in [0.25, 0.3) is 11.8 Å². The van der Waals surface area contributed by atoms with Crippen LogP contribution in [0.5, 0.6) is 0 Å². The minimum atomic E-state index is -0.189. The number of imide groups is 1. The molecule has 0 radical (unpaired) electrons. The van der Waals surface area contributed by atoms with Gasteiger partial charge in [0.2, 0.25) is 0 Å². The molecular weight excluding hydrogens is 262 g/mol. The molecule has 0 spiro atoms. The van der Waals surface area contributed by atoms with Crippen molar-refractivity contribution in [1.82, 2.24) is 4.90 Å². The van der Waals surface area contributed by atoms with Gasteiger partial charge in [0, 0.05) is 6.54 Å². The fourth-order valence-electron chi connectivity index (χ4n) is 2.95. The van der Waals surface area contributed by atoms with E-state index in [1.807, 2.05) is 12.2 Å². The summed E-state index contributed by atoms with van der Waals surface area (Å²) in [5.41, 5.74) is 2.50. The van der Waals surface area contributed by atoms with Gasteiger partial charge in [0.15, 0.2) is 0 Å².